The highest BCUT2D eigenvalue weighted by atomic mass is 35.5. The zero-order valence-corrected chi connectivity index (χ0v) is 14.3. The lowest BCUT2D eigenvalue weighted by Crippen LogP contribution is -2.43. The first-order valence-corrected chi connectivity index (χ1v) is 8.46. The third-order valence-electron chi connectivity index (χ3n) is 3.94. The first-order valence-electron chi connectivity index (χ1n) is 7.71. The number of hydrazone groups is 1. The van der Waals surface area contributed by atoms with Crippen molar-refractivity contribution >= 4 is 29.4 Å². The Balaban J connectivity index is 1.50. The van der Waals surface area contributed by atoms with Crippen LogP contribution in [-0.4, -0.2) is 42.3 Å². The SMILES string of the molecule is Clc1ccc(C=NN2CCN(Cc3ccccc3Cl)CC2)cc1. The van der Waals surface area contributed by atoms with Crippen molar-refractivity contribution in [2.24, 2.45) is 5.10 Å². The Bertz CT molecular complexity index is 662. The lowest BCUT2D eigenvalue weighted by molar-refractivity contribution is 0.131. The van der Waals surface area contributed by atoms with E-state index in [1.54, 1.807) is 0 Å². The molecule has 120 valence electrons. The molecule has 1 aliphatic heterocycles. The standard InChI is InChI=1S/C18H19Cl2N3/c19-17-7-5-15(6-8-17)13-21-23-11-9-22(10-12-23)14-16-3-1-2-4-18(16)20/h1-8,13H,9-12,14H2. The second-order valence-corrected chi connectivity index (χ2v) is 6.46. The van der Waals surface area contributed by atoms with Crippen LogP contribution in [0.25, 0.3) is 0 Å². The quantitative estimate of drug-likeness (QED) is 0.773. The Hall–Kier alpha value is -1.55. The summed E-state index contributed by atoms with van der Waals surface area (Å²) in [5, 5.41) is 8.25. The molecule has 0 unspecified atom stereocenters. The highest BCUT2D eigenvalue weighted by molar-refractivity contribution is 6.31. The Morgan fingerprint density at radius 1 is 0.913 bits per heavy atom. The molecule has 3 nitrogen and oxygen atoms in total. The molecule has 0 bridgehead atoms. The number of halogens is 2. The first kappa shape index (κ1) is 16.3. The minimum atomic E-state index is 0.746. The van der Waals surface area contributed by atoms with Gasteiger partial charge in [0.1, 0.15) is 0 Å². The molecule has 0 amide bonds. The second kappa shape index (κ2) is 7.82. The molecule has 2 aromatic rings. The molecule has 1 heterocycles. The van der Waals surface area contributed by atoms with Crippen molar-refractivity contribution in [3.05, 3.63) is 69.7 Å². The van der Waals surface area contributed by atoms with Crippen LogP contribution < -0.4 is 0 Å². The van der Waals surface area contributed by atoms with Crippen molar-refractivity contribution in [1.82, 2.24) is 9.91 Å². The van der Waals surface area contributed by atoms with E-state index in [0.717, 1.165) is 48.3 Å². The molecular formula is C18H19Cl2N3. The number of hydrogen-bond donors (Lipinski definition) is 0. The fourth-order valence-electron chi connectivity index (χ4n) is 2.58. The van der Waals surface area contributed by atoms with Gasteiger partial charge in [0.25, 0.3) is 0 Å². The molecule has 1 fully saturated rings. The van der Waals surface area contributed by atoms with Gasteiger partial charge in [-0.15, -0.1) is 0 Å². The molecule has 3 rings (SSSR count). The van der Waals surface area contributed by atoms with Crippen LogP contribution in [0.1, 0.15) is 11.1 Å². The highest BCUT2D eigenvalue weighted by Gasteiger charge is 2.16. The van der Waals surface area contributed by atoms with Gasteiger partial charge in [0.05, 0.1) is 6.21 Å². The summed E-state index contributed by atoms with van der Waals surface area (Å²) in [5.74, 6) is 0. The summed E-state index contributed by atoms with van der Waals surface area (Å²) in [4.78, 5) is 2.41. The van der Waals surface area contributed by atoms with Gasteiger partial charge in [-0.25, -0.2) is 0 Å². The Labute approximate surface area is 147 Å². The molecule has 0 aromatic heterocycles. The van der Waals surface area contributed by atoms with Gasteiger partial charge in [-0.2, -0.15) is 5.10 Å². The van der Waals surface area contributed by atoms with Crippen LogP contribution >= 0.6 is 23.2 Å². The number of piperazine rings is 1. The predicted molar refractivity (Wildman–Crippen MR) is 97.3 cm³/mol. The highest BCUT2D eigenvalue weighted by Crippen LogP contribution is 2.18. The van der Waals surface area contributed by atoms with E-state index in [-0.39, 0.29) is 0 Å². The molecule has 0 atom stereocenters. The summed E-state index contributed by atoms with van der Waals surface area (Å²) in [6.07, 6.45) is 1.89. The molecule has 1 saturated heterocycles. The van der Waals surface area contributed by atoms with Crippen molar-refractivity contribution in [3.8, 4) is 0 Å². The van der Waals surface area contributed by atoms with Gasteiger partial charge in [-0.05, 0) is 29.3 Å². The van der Waals surface area contributed by atoms with E-state index in [4.69, 9.17) is 23.2 Å². The van der Waals surface area contributed by atoms with Gasteiger partial charge < -0.3 is 0 Å². The summed E-state index contributed by atoms with van der Waals surface area (Å²) >= 11 is 12.1. The van der Waals surface area contributed by atoms with E-state index in [1.165, 1.54) is 5.56 Å². The maximum absolute atomic E-state index is 6.23. The third-order valence-corrected chi connectivity index (χ3v) is 4.56. The van der Waals surface area contributed by atoms with Crippen molar-refractivity contribution in [3.63, 3.8) is 0 Å². The number of rotatable bonds is 4. The van der Waals surface area contributed by atoms with Crippen molar-refractivity contribution in [1.29, 1.82) is 0 Å². The predicted octanol–water partition coefficient (Wildman–Crippen LogP) is 4.15. The summed E-state index contributed by atoms with van der Waals surface area (Å²) in [6, 6.07) is 15.7. The number of nitrogens with zero attached hydrogens (tertiary/aromatic N) is 3. The van der Waals surface area contributed by atoms with E-state index in [0.29, 0.717) is 0 Å². The zero-order valence-electron chi connectivity index (χ0n) is 12.8. The van der Waals surface area contributed by atoms with Crippen molar-refractivity contribution in [2.75, 3.05) is 26.2 Å². The maximum atomic E-state index is 6.23. The second-order valence-electron chi connectivity index (χ2n) is 5.62. The van der Waals surface area contributed by atoms with E-state index in [1.807, 2.05) is 48.7 Å². The van der Waals surface area contributed by atoms with Gasteiger partial charge in [0.2, 0.25) is 0 Å². The Kier molecular flexibility index (Phi) is 5.55. The van der Waals surface area contributed by atoms with Crippen LogP contribution in [0.2, 0.25) is 10.0 Å². The van der Waals surface area contributed by atoms with Crippen molar-refractivity contribution in [2.45, 2.75) is 6.54 Å². The minimum absolute atomic E-state index is 0.746. The van der Waals surface area contributed by atoms with Gasteiger partial charge in [0.15, 0.2) is 0 Å². The summed E-state index contributed by atoms with van der Waals surface area (Å²) in [6.45, 7) is 4.73. The monoisotopic (exact) mass is 347 g/mol. The minimum Gasteiger partial charge on any atom is -0.295 e. The van der Waals surface area contributed by atoms with Crippen LogP contribution in [0.15, 0.2) is 53.6 Å². The number of benzene rings is 2. The summed E-state index contributed by atoms with van der Waals surface area (Å²) in [7, 11) is 0. The summed E-state index contributed by atoms with van der Waals surface area (Å²) in [5.41, 5.74) is 2.25. The van der Waals surface area contributed by atoms with E-state index < -0.39 is 0 Å². The van der Waals surface area contributed by atoms with E-state index >= 15 is 0 Å². The Morgan fingerprint density at radius 3 is 2.30 bits per heavy atom. The van der Waals surface area contributed by atoms with Crippen LogP contribution in [0.3, 0.4) is 0 Å². The van der Waals surface area contributed by atoms with Crippen LogP contribution in [0.5, 0.6) is 0 Å². The molecule has 0 N–H and O–H groups in total. The fourth-order valence-corrected chi connectivity index (χ4v) is 2.90. The molecule has 5 heteroatoms. The third kappa shape index (κ3) is 4.71. The molecule has 0 saturated carbocycles. The van der Waals surface area contributed by atoms with Gasteiger partial charge in [-0.1, -0.05) is 53.5 Å². The molecule has 2 aromatic carbocycles. The molecule has 23 heavy (non-hydrogen) atoms. The summed E-state index contributed by atoms with van der Waals surface area (Å²) < 4.78 is 0. The van der Waals surface area contributed by atoms with Crippen LogP contribution in [-0.2, 0) is 6.54 Å². The Morgan fingerprint density at radius 2 is 1.61 bits per heavy atom. The van der Waals surface area contributed by atoms with Gasteiger partial charge >= 0.3 is 0 Å². The van der Waals surface area contributed by atoms with Crippen LogP contribution in [0, 0.1) is 0 Å². The molecule has 0 radical (unpaired) electrons. The lowest BCUT2D eigenvalue weighted by atomic mass is 10.2. The smallest absolute Gasteiger partial charge is 0.0542 e. The van der Waals surface area contributed by atoms with E-state index in [9.17, 15) is 0 Å². The molecule has 1 aliphatic rings. The molecular weight excluding hydrogens is 329 g/mol. The lowest BCUT2D eigenvalue weighted by Gasteiger charge is -2.33. The van der Waals surface area contributed by atoms with Crippen molar-refractivity contribution < 1.29 is 0 Å². The fraction of sp³-hybridized carbons (Fsp3) is 0.278. The topological polar surface area (TPSA) is 18.8 Å². The largest absolute Gasteiger partial charge is 0.295 e. The zero-order chi connectivity index (χ0) is 16.1. The molecule has 0 aliphatic carbocycles. The van der Waals surface area contributed by atoms with Crippen LogP contribution in [0.4, 0.5) is 0 Å². The average molecular weight is 348 g/mol. The van der Waals surface area contributed by atoms with E-state index in [2.05, 4.69) is 21.1 Å². The normalized spacial score (nSPS) is 16.2. The number of hydrogen-bond acceptors (Lipinski definition) is 3. The first-order chi connectivity index (χ1) is 11.2. The average Bonchev–Trinajstić information content (AvgIpc) is 2.58. The van der Waals surface area contributed by atoms with Gasteiger partial charge in [-0.3, -0.25) is 9.91 Å². The van der Waals surface area contributed by atoms with Gasteiger partial charge in [0, 0.05) is 42.8 Å². The maximum Gasteiger partial charge on any atom is 0.0542 e. The molecule has 0 spiro atoms.